The fraction of sp³-hybridized carbons (Fsp3) is 0. The first-order valence-corrected chi connectivity index (χ1v) is 4.44. The van der Waals surface area contributed by atoms with E-state index in [2.05, 4.69) is 21.8 Å². The van der Waals surface area contributed by atoms with Crippen LogP contribution in [0.15, 0.2) is 12.4 Å². The van der Waals surface area contributed by atoms with Gasteiger partial charge in [-0.25, -0.2) is 4.57 Å². The van der Waals surface area contributed by atoms with Crippen LogP contribution in [0.3, 0.4) is 0 Å². The molecule has 0 radical (unpaired) electrons. The Morgan fingerprint density at radius 3 is 2.73 bits per heavy atom. The molecule has 1 aromatic rings. The Bertz CT molecular complexity index is 337. The Morgan fingerprint density at radius 1 is 1.73 bits per heavy atom. The highest BCUT2D eigenvalue weighted by atomic mass is 32.1. The van der Waals surface area contributed by atoms with Gasteiger partial charge in [0.1, 0.15) is 0 Å². The molecule has 0 fully saturated rings. The first kappa shape index (κ1) is 8.48. The van der Waals surface area contributed by atoms with Gasteiger partial charge in [-0.1, -0.05) is 0 Å². The van der Waals surface area contributed by atoms with E-state index < -0.39 is 7.82 Å². The monoisotopic (exact) mass is 196 g/mol. The van der Waals surface area contributed by atoms with Crippen molar-refractivity contribution in [3.05, 3.63) is 17.2 Å². The topological polar surface area (TPSA) is 87.5 Å². The van der Waals surface area contributed by atoms with E-state index in [1.165, 1.54) is 12.4 Å². The summed E-state index contributed by atoms with van der Waals surface area (Å²) in [5.41, 5.74) is 0. The van der Waals surface area contributed by atoms with E-state index in [4.69, 9.17) is 9.79 Å². The van der Waals surface area contributed by atoms with E-state index in [1.54, 1.807) is 0 Å². The van der Waals surface area contributed by atoms with Gasteiger partial charge in [-0.2, -0.15) is 4.73 Å². The highest BCUT2D eigenvalue weighted by molar-refractivity contribution is 7.71. The van der Waals surface area contributed by atoms with E-state index in [9.17, 15) is 4.57 Å². The second-order valence-corrected chi connectivity index (χ2v) is 3.19. The molecule has 0 amide bonds. The molecule has 62 valence electrons. The summed E-state index contributed by atoms with van der Waals surface area (Å²) in [5.74, 6) is 0. The Hall–Kier alpha value is -0.620. The molecule has 0 aliphatic heterocycles. The van der Waals surface area contributed by atoms with Crippen LogP contribution >= 0.6 is 20.0 Å². The molecular weight excluding hydrogens is 191 g/mol. The Kier molecular flexibility index (Phi) is 2.15. The first-order chi connectivity index (χ1) is 4.99. The lowest BCUT2D eigenvalue weighted by molar-refractivity contribution is 0.175. The fourth-order valence-corrected chi connectivity index (χ4v) is 1.07. The number of hydrogen-bond acceptors (Lipinski definition) is 3. The van der Waals surface area contributed by atoms with Gasteiger partial charge in [0.15, 0.2) is 0 Å². The largest absolute Gasteiger partial charge is 0.543 e. The molecule has 1 aromatic heterocycles. The zero-order chi connectivity index (χ0) is 8.48. The summed E-state index contributed by atoms with van der Waals surface area (Å²) in [6.45, 7) is 0. The second kappa shape index (κ2) is 2.78. The van der Waals surface area contributed by atoms with Crippen molar-refractivity contribution in [3.63, 3.8) is 0 Å². The maximum atomic E-state index is 10.2. The molecule has 0 aliphatic carbocycles. The van der Waals surface area contributed by atoms with Crippen LogP contribution in [0.5, 0.6) is 0 Å². The van der Waals surface area contributed by atoms with Crippen molar-refractivity contribution in [2.75, 3.05) is 0 Å². The van der Waals surface area contributed by atoms with Crippen molar-refractivity contribution in [3.8, 4) is 0 Å². The van der Waals surface area contributed by atoms with Gasteiger partial charge in [-0.3, -0.25) is 9.79 Å². The molecule has 1 rings (SSSR count). The minimum absolute atomic E-state index is 0.0910. The highest BCUT2D eigenvalue weighted by Gasteiger charge is 2.16. The molecule has 11 heavy (non-hydrogen) atoms. The van der Waals surface area contributed by atoms with Gasteiger partial charge in [-0.05, 0) is 12.2 Å². The summed E-state index contributed by atoms with van der Waals surface area (Å²) in [7, 11) is -4.51. The number of hydrogen-bond donors (Lipinski definition) is 3. The summed E-state index contributed by atoms with van der Waals surface area (Å²) in [6.07, 6.45) is 2.67. The molecule has 6 nitrogen and oxygen atoms in total. The molecule has 1 heterocycles. The minimum atomic E-state index is -4.51. The van der Waals surface area contributed by atoms with Gasteiger partial charge in [0, 0.05) is 6.20 Å². The molecule has 0 saturated heterocycles. The van der Waals surface area contributed by atoms with Crippen LogP contribution in [-0.4, -0.2) is 19.5 Å². The minimum Gasteiger partial charge on any atom is -0.335 e. The van der Waals surface area contributed by atoms with Crippen molar-refractivity contribution in [1.82, 2.24) is 9.71 Å². The number of aromatic amines is 1. The van der Waals surface area contributed by atoms with Gasteiger partial charge in [-0.15, -0.1) is 0 Å². The van der Waals surface area contributed by atoms with E-state index in [0.717, 1.165) is 4.73 Å². The Labute approximate surface area is 66.6 Å². The third-order valence-electron chi connectivity index (χ3n) is 0.811. The zero-order valence-electron chi connectivity index (χ0n) is 5.17. The molecule has 0 atom stereocenters. The molecule has 8 heteroatoms. The smallest absolute Gasteiger partial charge is 0.335 e. The zero-order valence-corrected chi connectivity index (χ0v) is 6.88. The predicted molar refractivity (Wildman–Crippen MR) is 38.2 cm³/mol. The summed E-state index contributed by atoms with van der Waals surface area (Å²) in [4.78, 5) is 19.1. The number of nitrogens with zero attached hydrogens (tertiary/aromatic N) is 1. The average molecular weight is 196 g/mol. The van der Waals surface area contributed by atoms with Crippen LogP contribution in [0, 0.1) is 4.77 Å². The average Bonchev–Trinajstić information content (AvgIpc) is 2.12. The summed E-state index contributed by atoms with van der Waals surface area (Å²) < 4.78 is 15.2. The third-order valence-corrected chi connectivity index (χ3v) is 1.50. The van der Waals surface area contributed by atoms with Crippen LogP contribution in [0.4, 0.5) is 0 Å². The SMILES string of the molecule is O=P(O)(O)On1cc[nH]c1=S. The molecule has 0 saturated carbocycles. The molecule has 0 unspecified atom stereocenters. The van der Waals surface area contributed by atoms with Crippen LogP contribution in [0.2, 0.25) is 0 Å². The lowest BCUT2D eigenvalue weighted by atomic mass is 11.0. The molecule has 3 N–H and O–H groups in total. The van der Waals surface area contributed by atoms with Gasteiger partial charge in [0.05, 0.1) is 6.20 Å². The molecule has 0 bridgehead atoms. The van der Waals surface area contributed by atoms with Crippen molar-refractivity contribution in [2.24, 2.45) is 0 Å². The van der Waals surface area contributed by atoms with Crippen LogP contribution in [-0.2, 0) is 4.57 Å². The number of imidazole rings is 1. The quantitative estimate of drug-likeness (QED) is 0.460. The first-order valence-electron chi connectivity index (χ1n) is 2.51. The lowest BCUT2D eigenvalue weighted by Crippen LogP contribution is -2.06. The number of H-pyrrole nitrogens is 1. The Balaban J connectivity index is 2.89. The third kappa shape index (κ3) is 2.47. The van der Waals surface area contributed by atoms with E-state index in [0.29, 0.717) is 0 Å². The van der Waals surface area contributed by atoms with Crippen molar-refractivity contribution in [1.29, 1.82) is 0 Å². The lowest BCUT2D eigenvalue weighted by Gasteiger charge is -2.04. The van der Waals surface area contributed by atoms with Crippen LogP contribution in [0.1, 0.15) is 0 Å². The second-order valence-electron chi connectivity index (χ2n) is 1.66. The van der Waals surface area contributed by atoms with Gasteiger partial charge in [0.2, 0.25) is 4.77 Å². The summed E-state index contributed by atoms with van der Waals surface area (Å²) in [6, 6.07) is 0. The van der Waals surface area contributed by atoms with Gasteiger partial charge < -0.3 is 9.61 Å². The van der Waals surface area contributed by atoms with Crippen molar-refractivity contribution < 1.29 is 19.0 Å². The van der Waals surface area contributed by atoms with Crippen LogP contribution < -0.4 is 4.62 Å². The number of rotatable bonds is 2. The van der Waals surface area contributed by atoms with Gasteiger partial charge in [0.25, 0.3) is 0 Å². The normalized spacial score (nSPS) is 11.5. The molecule has 0 aliphatic rings. The van der Waals surface area contributed by atoms with Gasteiger partial charge >= 0.3 is 7.82 Å². The molecule has 0 spiro atoms. The predicted octanol–water partition coefficient (Wildman–Crippen LogP) is 0.0670. The van der Waals surface area contributed by atoms with E-state index >= 15 is 0 Å². The maximum Gasteiger partial charge on any atom is 0.543 e. The van der Waals surface area contributed by atoms with E-state index in [-0.39, 0.29) is 4.77 Å². The highest BCUT2D eigenvalue weighted by Crippen LogP contribution is 2.31. The molecule has 0 aromatic carbocycles. The Morgan fingerprint density at radius 2 is 2.36 bits per heavy atom. The summed E-state index contributed by atoms with van der Waals surface area (Å²) in [5, 5.41) is 0. The van der Waals surface area contributed by atoms with Crippen molar-refractivity contribution >= 4 is 20.0 Å². The van der Waals surface area contributed by atoms with Crippen molar-refractivity contribution in [2.45, 2.75) is 0 Å². The standard InChI is InChI=1S/C3H5N2O4PS/c6-10(7,8)9-5-2-1-4-3(5)11/h1-2H,(H,4,11)(H2,6,7,8). The fourth-order valence-electron chi connectivity index (χ4n) is 0.486. The van der Waals surface area contributed by atoms with Crippen LogP contribution in [0.25, 0.3) is 0 Å². The number of nitrogens with one attached hydrogen (secondary N) is 1. The maximum absolute atomic E-state index is 10.2. The number of phosphoric acid groups is 1. The number of aromatic nitrogens is 2. The molecular formula is C3H5N2O4PS. The van der Waals surface area contributed by atoms with E-state index in [1.807, 2.05) is 0 Å². The summed E-state index contributed by atoms with van der Waals surface area (Å²) >= 11 is 4.59.